The number of hydrogen-bond donors (Lipinski definition) is 1. The van der Waals surface area contributed by atoms with Gasteiger partial charge in [-0.1, -0.05) is 26.7 Å². The van der Waals surface area contributed by atoms with Gasteiger partial charge in [-0.05, 0) is 44.1 Å². The predicted octanol–water partition coefficient (Wildman–Crippen LogP) is 3.59. The first-order chi connectivity index (χ1) is 7.77. The quantitative estimate of drug-likeness (QED) is 0.676. The van der Waals surface area contributed by atoms with E-state index in [0.29, 0.717) is 6.04 Å². The summed E-state index contributed by atoms with van der Waals surface area (Å²) in [4.78, 5) is 0. The molecule has 16 heavy (non-hydrogen) atoms. The molecule has 0 radical (unpaired) electrons. The van der Waals surface area contributed by atoms with Crippen molar-refractivity contribution in [2.24, 2.45) is 11.8 Å². The van der Waals surface area contributed by atoms with Crippen LogP contribution >= 0.6 is 0 Å². The summed E-state index contributed by atoms with van der Waals surface area (Å²) >= 11 is 0. The van der Waals surface area contributed by atoms with E-state index in [1.165, 1.54) is 32.1 Å². The maximum atomic E-state index is 5.38. The molecule has 1 aliphatic carbocycles. The second-order valence-electron chi connectivity index (χ2n) is 5.32. The first-order valence-corrected chi connectivity index (χ1v) is 6.94. The molecule has 1 unspecified atom stereocenters. The molecule has 92 valence electrons. The molecule has 1 nitrogen and oxygen atoms in total. The third-order valence-corrected chi connectivity index (χ3v) is 3.89. The van der Waals surface area contributed by atoms with Crippen LogP contribution in [0.5, 0.6) is 0 Å². The van der Waals surface area contributed by atoms with Crippen LogP contribution in [0.25, 0.3) is 0 Å². The fourth-order valence-electron chi connectivity index (χ4n) is 2.76. The van der Waals surface area contributed by atoms with Gasteiger partial charge in [0.05, 0.1) is 0 Å². The fraction of sp³-hybridized carbons (Fsp3) is 0.867. The highest BCUT2D eigenvalue weighted by Gasteiger charge is 2.24. The Kier molecular flexibility index (Phi) is 6.57. The van der Waals surface area contributed by atoms with Crippen LogP contribution in [0, 0.1) is 24.2 Å². The van der Waals surface area contributed by atoms with Crippen molar-refractivity contribution in [2.45, 2.75) is 64.8 Å². The topological polar surface area (TPSA) is 12.0 Å². The van der Waals surface area contributed by atoms with Crippen LogP contribution in [0.1, 0.15) is 58.8 Å². The van der Waals surface area contributed by atoms with Crippen molar-refractivity contribution in [2.75, 3.05) is 6.54 Å². The van der Waals surface area contributed by atoms with E-state index in [-0.39, 0.29) is 0 Å². The van der Waals surface area contributed by atoms with Gasteiger partial charge in [0.1, 0.15) is 0 Å². The van der Waals surface area contributed by atoms with Gasteiger partial charge in [-0.15, -0.1) is 12.3 Å². The lowest BCUT2D eigenvalue weighted by Crippen LogP contribution is -2.38. The second-order valence-corrected chi connectivity index (χ2v) is 5.32. The minimum absolute atomic E-state index is 0.670. The van der Waals surface area contributed by atoms with Crippen LogP contribution in [0.3, 0.4) is 0 Å². The molecule has 1 aliphatic rings. The Morgan fingerprint density at radius 1 is 1.31 bits per heavy atom. The summed E-state index contributed by atoms with van der Waals surface area (Å²) in [6, 6.07) is 0.670. The lowest BCUT2D eigenvalue weighted by Gasteiger charge is -2.33. The molecular weight excluding hydrogens is 194 g/mol. The summed E-state index contributed by atoms with van der Waals surface area (Å²) in [6.07, 6.45) is 14.3. The van der Waals surface area contributed by atoms with Gasteiger partial charge in [0, 0.05) is 12.5 Å². The molecule has 1 fully saturated rings. The van der Waals surface area contributed by atoms with Crippen molar-refractivity contribution in [3.05, 3.63) is 0 Å². The van der Waals surface area contributed by atoms with Crippen LogP contribution in [0.2, 0.25) is 0 Å². The van der Waals surface area contributed by atoms with Gasteiger partial charge in [0.15, 0.2) is 0 Å². The number of hydrogen-bond acceptors (Lipinski definition) is 1. The molecule has 0 amide bonds. The zero-order valence-corrected chi connectivity index (χ0v) is 11.0. The molecule has 0 bridgehead atoms. The van der Waals surface area contributed by atoms with Crippen LogP contribution in [0.15, 0.2) is 0 Å². The molecule has 0 aliphatic heterocycles. The average molecular weight is 221 g/mol. The molecule has 1 N–H and O–H groups in total. The van der Waals surface area contributed by atoms with E-state index in [1.54, 1.807) is 0 Å². The third-order valence-electron chi connectivity index (χ3n) is 3.89. The van der Waals surface area contributed by atoms with E-state index in [4.69, 9.17) is 6.42 Å². The molecule has 1 saturated carbocycles. The Morgan fingerprint density at radius 2 is 2.00 bits per heavy atom. The zero-order valence-electron chi connectivity index (χ0n) is 11.0. The first-order valence-electron chi connectivity index (χ1n) is 6.94. The van der Waals surface area contributed by atoms with Crippen LogP contribution in [-0.2, 0) is 0 Å². The van der Waals surface area contributed by atoms with E-state index < -0.39 is 0 Å². The Balaban J connectivity index is 2.37. The van der Waals surface area contributed by atoms with Gasteiger partial charge < -0.3 is 5.32 Å². The maximum Gasteiger partial charge on any atom is 0.0104 e. The SMILES string of the molecule is C#CCCC(NCCC)C1CCC(C)CC1. The number of nitrogens with one attached hydrogen (secondary N) is 1. The normalized spacial score (nSPS) is 27.3. The van der Waals surface area contributed by atoms with Gasteiger partial charge in [-0.3, -0.25) is 0 Å². The Bertz CT molecular complexity index is 208. The highest BCUT2D eigenvalue weighted by atomic mass is 14.9. The Hall–Kier alpha value is -0.480. The molecule has 0 spiro atoms. The summed E-state index contributed by atoms with van der Waals surface area (Å²) in [7, 11) is 0. The minimum atomic E-state index is 0.670. The zero-order chi connectivity index (χ0) is 11.8. The van der Waals surface area contributed by atoms with Gasteiger partial charge in [0.2, 0.25) is 0 Å². The molecule has 0 saturated heterocycles. The highest BCUT2D eigenvalue weighted by molar-refractivity contribution is 4.88. The number of rotatable bonds is 6. The standard InChI is InChI=1S/C15H27N/c1-4-6-7-15(16-12-5-2)14-10-8-13(3)9-11-14/h1,13-16H,5-12H2,2-3H3. The largest absolute Gasteiger partial charge is 0.314 e. The predicted molar refractivity (Wildman–Crippen MR) is 71.3 cm³/mol. The minimum Gasteiger partial charge on any atom is -0.314 e. The van der Waals surface area contributed by atoms with Crippen molar-refractivity contribution < 1.29 is 0 Å². The van der Waals surface area contributed by atoms with Gasteiger partial charge in [-0.2, -0.15) is 0 Å². The lowest BCUT2D eigenvalue weighted by molar-refractivity contribution is 0.223. The maximum absolute atomic E-state index is 5.38. The van der Waals surface area contributed by atoms with E-state index in [9.17, 15) is 0 Å². The summed E-state index contributed by atoms with van der Waals surface area (Å²) in [5.41, 5.74) is 0. The van der Waals surface area contributed by atoms with Gasteiger partial charge >= 0.3 is 0 Å². The molecule has 1 atom stereocenters. The monoisotopic (exact) mass is 221 g/mol. The highest BCUT2D eigenvalue weighted by Crippen LogP contribution is 2.31. The van der Waals surface area contributed by atoms with Crippen molar-refractivity contribution in [1.29, 1.82) is 0 Å². The molecule has 0 aromatic heterocycles. The van der Waals surface area contributed by atoms with E-state index in [1.807, 2.05) is 0 Å². The van der Waals surface area contributed by atoms with Crippen molar-refractivity contribution in [3.8, 4) is 12.3 Å². The third kappa shape index (κ3) is 4.58. The van der Waals surface area contributed by atoms with Crippen molar-refractivity contribution in [1.82, 2.24) is 5.32 Å². The first kappa shape index (κ1) is 13.6. The summed E-state index contributed by atoms with van der Waals surface area (Å²) < 4.78 is 0. The molecule has 0 aromatic carbocycles. The molecular formula is C15H27N. The van der Waals surface area contributed by atoms with E-state index >= 15 is 0 Å². The van der Waals surface area contributed by atoms with Crippen LogP contribution in [0.4, 0.5) is 0 Å². The molecule has 1 rings (SSSR count). The smallest absolute Gasteiger partial charge is 0.0104 e. The molecule has 0 aromatic rings. The lowest BCUT2D eigenvalue weighted by atomic mass is 9.78. The van der Waals surface area contributed by atoms with E-state index in [0.717, 1.165) is 31.2 Å². The summed E-state index contributed by atoms with van der Waals surface area (Å²) in [5.74, 6) is 4.59. The molecule has 1 heteroatoms. The van der Waals surface area contributed by atoms with Crippen molar-refractivity contribution in [3.63, 3.8) is 0 Å². The number of terminal acetylenes is 1. The summed E-state index contributed by atoms with van der Waals surface area (Å²) in [6.45, 7) is 5.75. The second kappa shape index (κ2) is 7.74. The van der Waals surface area contributed by atoms with Crippen LogP contribution in [-0.4, -0.2) is 12.6 Å². The van der Waals surface area contributed by atoms with Gasteiger partial charge in [0.25, 0.3) is 0 Å². The summed E-state index contributed by atoms with van der Waals surface area (Å²) in [5, 5.41) is 3.69. The van der Waals surface area contributed by atoms with E-state index in [2.05, 4.69) is 25.1 Å². The van der Waals surface area contributed by atoms with Crippen molar-refractivity contribution >= 4 is 0 Å². The Labute approximate surface area is 101 Å². The van der Waals surface area contributed by atoms with Gasteiger partial charge in [-0.25, -0.2) is 0 Å². The fourth-order valence-corrected chi connectivity index (χ4v) is 2.76. The van der Waals surface area contributed by atoms with Crippen LogP contribution < -0.4 is 5.32 Å². The average Bonchev–Trinajstić information content (AvgIpc) is 2.31. The Morgan fingerprint density at radius 3 is 2.56 bits per heavy atom. The molecule has 0 heterocycles.